The van der Waals surface area contributed by atoms with Crippen LogP contribution in [0.4, 0.5) is 0 Å². The van der Waals surface area contributed by atoms with E-state index in [1.807, 2.05) is 36.4 Å². The van der Waals surface area contributed by atoms with Crippen molar-refractivity contribution < 1.29 is 9.59 Å². The molecular weight excluding hydrogens is 324 g/mol. The van der Waals surface area contributed by atoms with Crippen molar-refractivity contribution in [3.8, 4) is 0 Å². The molecule has 142 valence electrons. The molecule has 2 N–H and O–H groups in total. The van der Waals surface area contributed by atoms with E-state index in [9.17, 15) is 9.59 Å². The van der Waals surface area contributed by atoms with Crippen LogP contribution in [0.2, 0.25) is 0 Å². The van der Waals surface area contributed by atoms with Crippen LogP contribution in [-0.2, 0) is 16.0 Å². The number of nitrogens with two attached hydrogens (primary N) is 1. The highest BCUT2D eigenvalue weighted by Gasteiger charge is 2.35. The van der Waals surface area contributed by atoms with E-state index in [0.29, 0.717) is 31.2 Å². The number of nitrogens with zero attached hydrogens (tertiary/aromatic N) is 1. The van der Waals surface area contributed by atoms with Crippen LogP contribution in [0.3, 0.4) is 0 Å². The summed E-state index contributed by atoms with van der Waals surface area (Å²) in [6.45, 7) is 7.22. The monoisotopic (exact) mass is 356 g/mol. The van der Waals surface area contributed by atoms with Gasteiger partial charge in [-0.1, -0.05) is 63.3 Å². The van der Waals surface area contributed by atoms with Crippen molar-refractivity contribution >= 4 is 11.8 Å². The molecule has 1 aromatic rings. The first-order chi connectivity index (χ1) is 12.4. The van der Waals surface area contributed by atoms with E-state index in [-0.39, 0.29) is 11.8 Å². The van der Waals surface area contributed by atoms with Gasteiger partial charge in [0.25, 0.3) is 0 Å². The highest BCUT2D eigenvalue weighted by Crippen LogP contribution is 2.23. The SMILES string of the molecule is CC(C)C[C@H](C)/C=C/[C@H](Cc1ccccc1)C(=O)N1CCC[C@H]1C(N)=O. The fourth-order valence-electron chi connectivity index (χ4n) is 3.79. The molecule has 1 heterocycles. The number of carbonyl (C=O) groups excluding carboxylic acids is 2. The van der Waals surface area contributed by atoms with E-state index in [1.165, 1.54) is 0 Å². The zero-order chi connectivity index (χ0) is 19.1. The molecule has 1 fully saturated rings. The van der Waals surface area contributed by atoms with Gasteiger partial charge in [-0.3, -0.25) is 9.59 Å². The Morgan fingerprint density at radius 2 is 1.88 bits per heavy atom. The number of allylic oxidation sites excluding steroid dienone is 1. The number of primary amides is 1. The second-order valence-electron chi connectivity index (χ2n) is 7.88. The van der Waals surface area contributed by atoms with Crippen LogP contribution in [0.25, 0.3) is 0 Å². The second kappa shape index (κ2) is 9.56. The maximum atomic E-state index is 13.2. The third kappa shape index (κ3) is 5.72. The van der Waals surface area contributed by atoms with Crippen LogP contribution in [0.1, 0.15) is 45.6 Å². The summed E-state index contributed by atoms with van der Waals surface area (Å²) in [5, 5.41) is 0. The average molecular weight is 357 g/mol. The summed E-state index contributed by atoms with van der Waals surface area (Å²) < 4.78 is 0. The minimum absolute atomic E-state index is 0.0168. The molecule has 0 aliphatic carbocycles. The van der Waals surface area contributed by atoms with Gasteiger partial charge >= 0.3 is 0 Å². The van der Waals surface area contributed by atoms with Gasteiger partial charge in [0.1, 0.15) is 6.04 Å². The van der Waals surface area contributed by atoms with Crippen LogP contribution in [0.15, 0.2) is 42.5 Å². The third-order valence-corrected chi connectivity index (χ3v) is 5.00. The summed E-state index contributed by atoms with van der Waals surface area (Å²) in [7, 11) is 0. The van der Waals surface area contributed by atoms with E-state index in [0.717, 1.165) is 18.4 Å². The molecule has 1 aliphatic heterocycles. The first-order valence-electron chi connectivity index (χ1n) is 9.70. The van der Waals surface area contributed by atoms with Gasteiger partial charge in [0.2, 0.25) is 11.8 Å². The molecule has 0 radical (unpaired) electrons. The second-order valence-corrected chi connectivity index (χ2v) is 7.88. The quantitative estimate of drug-likeness (QED) is 0.724. The molecular formula is C22H32N2O2. The van der Waals surface area contributed by atoms with Crippen LogP contribution >= 0.6 is 0 Å². The maximum Gasteiger partial charge on any atom is 0.240 e. The fraction of sp³-hybridized carbons (Fsp3) is 0.545. The standard InChI is InChI=1S/C22H32N2O2/c1-16(2)14-17(3)11-12-19(15-18-8-5-4-6-9-18)22(26)24-13-7-10-20(24)21(23)25/h4-6,8-9,11-12,16-17,19-20H,7,10,13-15H2,1-3H3,(H2,23,25)/b12-11+/t17-,19-,20+/m1/s1. The molecule has 26 heavy (non-hydrogen) atoms. The molecule has 4 heteroatoms. The summed E-state index contributed by atoms with van der Waals surface area (Å²) >= 11 is 0. The van der Waals surface area contributed by atoms with Crippen molar-refractivity contribution in [1.82, 2.24) is 4.90 Å². The van der Waals surface area contributed by atoms with Gasteiger partial charge in [-0.2, -0.15) is 0 Å². The van der Waals surface area contributed by atoms with Crippen molar-refractivity contribution in [3.63, 3.8) is 0 Å². The summed E-state index contributed by atoms with van der Waals surface area (Å²) in [6, 6.07) is 9.59. The number of hydrogen-bond acceptors (Lipinski definition) is 2. The Bertz CT molecular complexity index is 624. The average Bonchev–Trinajstić information content (AvgIpc) is 3.08. The first kappa shape index (κ1) is 20.2. The molecule has 1 aliphatic rings. The van der Waals surface area contributed by atoms with Gasteiger partial charge in [0.05, 0.1) is 5.92 Å². The molecule has 4 nitrogen and oxygen atoms in total. The van der Waals surface area contributed by atoms with E-state index < -0.39 is 11.9 Å². The van der Waals surface area contributed by atoms with Gasteiger partial charge in [-0.05, 0) is 43.1 Å². The van der Waals surface area contributed by atoms with Crippen molar-refractivity contribution in [2.24, 2.45) is 23.5 Å². The summed E-state index contributed by atoms with van der Waals surface area (Å²) in [4.78, 5) is 26.5. The van der Waals surface area contributed by atoms with Crippen molar-refractivity contribution in [1.29, 1.82) is 0 Å². The lowest BCUT2D eigenvalue weighted by atomic mass is 9.93. The Morgan fingerprint density at radius 3 is 2.50 bits per heavy atom. The molecule has 3 atom stereocenters. The number of amides is 2. The number of likely N-dealkylation sites (tertiary alicyclic amines) is 1. The van der Waals surface area contributed by atoms with Gasteiger partial charge in [0, 0.05) is 6.54 Å². The van der Waals surface area contributed by atoms with Crippen molar-refractivity contribution in [2.45, 2.75) is 52.5 Å². The number of carbonyl (C=O) groups is 2. The van der Waals surface area contributed by atoms with Crippen LogP contribution in [0, 0.1) is 17.8 Å². The van der Waals surface area contributed by atoms with E-state index in [2.05, 4.69) is 26.8 Å². The zero-order valence-corrected chi connectivity index (χ0v) is 16.2. The minimum atomic E-state index is -0.456. The molecule has 1 aromatic carbocycles. The van der Waals surface area contributed by atoms with E-state index in [1.54, 1.807) is 4.90 Å². The smallest absolute Gasteiger partial charge is 0.240 e. The predicted molar refractivity (Wildman–Crippen MR) is 105 cm³/mol. The summed E-state index contributed by atoms with van der Waals surface area (Å²) in [5.41, 5.74) is 6.63. The highest BCUT2D eigenvalue weighted by atomic mass is 16.2. The van der Waals surface area contributed by atoms with E-state index >= 15 is 0 Å². The molecule has 0 unspecified atom stereocenters. The van der Waals surface area contributed by atoms with Gasteiger partial charge in [-0.15, -0.1) is 0 Å². The van der Waals surface area contributed by atoms with Crippen molar-refractivity contribution in [2.75, 3.05) is 6.54 Å². The number of hydrogen-bond donors (Lipinski definition) is 1. The third-order valence-electron chi connectivity index (χ3n) is 5.00. The minimum Gasteiger partial charge on any atom is -0.368 e. The molecule has 2 amide bonds. The molecule has 0 bridgehead atoms. The summed E-state index contributed by atoms with van der Waals surface area (Å²) in [6.07, 6.45) is 7.44. The van der Waals surface area contributed by atoms with Gasteiger partial charge in [0.15, 0.2) is 0 Å². The number of rotatable bonds is 8. The Balaban J connectivity index is 2.17. The topological polar surface area (TPSA) is 63.4 Å². The van der Waals surface area contributed by atoms with Crippen LogP contribution in [0.5, 0.6) is 0 Å². The fourth-order valence-corrected chi connectivity index (χ4v) is 3.79. The molecule has 0 spiro atoms. The molecule has 0 saturated carbocycles. The Labute approximate surface area is 157 Å². The first-order valence-corrected chi connectivity index (χ1v) is 9.70. The van der Waals surface area contributed by atoms with Gasteiger partial charge < -0.3 is 10.6 Å². The van der Waals surface area contributed by atoms with Crippen LogP contribution in [-0.4, -0.2) is 29.3 Å². The normalized spacial score (nSPS) is 19.8. The predicted octanol–water partition coefficient (Wildman–Crippen LogP) is 3.56. The van der Waals surface area contributed by atoms with Crippen LogP contribution < -0.4 is 5.73 Å². The largest absolute Gasteiger partial charge is 0.368 e. The maximum absolute atomic E-state index is 13.2. The van der Waals surface area contributed by atoms with Crippen molar-refractivity contribution in [3.05, 3.63) is 48.0 Å². The van der Waals surface area contributed by atoms with Gasteiger partial charge in [-0.25, -0.2) is 0 Å². The highest BCUT2D eigenvalue weighted by molar-refractivity contribution is 5.89. The molecule has 2 rings (SSSR count). The Hall–Kier alpha value is -2.10. The lowest BCUT2D eigenvalue weighted by molar-refractivity contribution is -0.139. The Morgan fingerprint density at radius 1 is 1.19 bits per heavy atom. The molecule has 1 saturated heterocycles. The Kier molecular flexibility index (Phi) is 7.43. The zero-order valence-electron chi connectivity index (χ0n) is 16.2. The van der Waals surface area contributed by atoms with E-state index in [4.69, 9.17) is 5.73 Å². The lowest BCUT2D eigenvalue weighted by Gasteiger charge is -2.26. The summed E-state index contributed by atoms with van der Waals surface area (Å²) in [5.74, 6) is 0.406. The molecule has 0 aromatic heterocycles. The number of benzene rings is 1. The lowest BCUT2D eigenvalue weighted by Crippen LogP contribution is -2.46.